The van der Waals surface area contributed by atoms with E-state index in [1.807, 2.05) is 45.0 Å². The zero-order valence-electron chi connectivity index (χ0n) is 14.8. The van der Waals surface area contributed by atoms with Crippen molar-refractivity contribution in [2.45, 2.75) is 53.0 Å². The van der Waals surface area contributed by atoms with Gasteiger partial charge in [-0.05, 0) is 32.4 Å². The highest BCUT2D eigenvalue weighted by atomic mass is 16.2. The van der Waals surface area contributed by atoms with Gasteiger partial charge in [0, 0.05) is 29.5 Å². The van der Waals surface area contributed by atoms with Gasteiger partial charge in [0.1, 0.15) is 5.82 Å². The first-order valence-corrected chi connectivity index (χ1v) is 7.93. The molecule has 1 aromatic carbocycles. The van der Waals surface area contributed by atoms with Crippen LogP contribution in [0.25, 0.3) is 0 Å². The van der Waals surface area contributed by atoms with E-state index in [9.17, 15) is 4.79 Å². The molecule has 0 N–H and O–H groups in total. The van der Waals surface area contributed by atoms with Gasteiger partial charge in [-0.15, -0.1) is 0 Å². The monoisotopic (exact) mass is 311 g/mol. The molecule has 0 fully saturated rings. The average Bonchev–Trinajstić information content (AvgIpc) is 2.48. The molecule has 2 rings (SSSR count). The summed E-state index contributed by atoms with van der Waals surface area (Å²) in [5, 5.41) is 0. The van der Waals surface area contributed by atoms with E-state index in [1.54, 1.807) is 17.3 Å². The van der Waals surface area contributed by atoms with Crippen molar-refractivity contribution >= 4 is 11.6 Å². The number of carbonyl (C=O) groups is 1. The second kappa shape index (κ2) is 6.49. The van der Waals surface area contributed by atoms with Crippen LogP contribution in [0.1, 0.15) is 56.4 Å². The Labute approximate surface area is 138 Å². The minimum Gasteiger partial charge on any atom is -0.306 e. The number of aromatic nitrogens is 2. The molecule has 0 unspecified atom stereocenters. The average molecular weight is 311 g/mol. The van der Waals surface area contributed by atoms with Gasteiger partial charge >= 0.3 is 0 Å². The molecule has 4 nitrogen and oxygen atoms in total. The molecule has 0 bridgehead atoms. The Bertz CT molecular complexity index is 685. The Kier molecular flexibility index (Phi) is 4.83. The third kappa shape index (κ3) is 3.76. The number of rotatable bonds is 3. The van der Waals surface area contributed by atoms with Crippen molar-refractivity contribution < 1.29 is 4.79 Å². The molecule has 1 amide bonds. The second-order valence-corrected chi connectivity index (χ2v) is 7.10. The standard InChI is InChI=1S/C19H25N3O/c1-13(2)22(16-10-8-7-9-14(16)3)17(23)15-11-20-18(21-12-15)19(4,5)6/h7-13H,1-6H3. The maximum atomic E-state index is 12.9. The third-order valence-electron chi connectivity index (χ3n) is 3.68. The van der Waals surface area contributed by atoms with Crippen molar-refractivity contribution in [1.82, 2.24) is 9.97 Å². The van der Waals surface area contributed by atoms with Crippen molar-refractivity contribution in [1.29, 1.82) is 0 Å². The van der Waals surface area contributed by atoms with Gasteiger partial charge in [0.25, 0.3) is 5.91 Å². The zero-order chi connectivity index (χ0) is 17.2. The lowest BCUT2D eigenvalue weighted by molar-refractivity contribution is 0.0979. The van der Waals surface area contributed by atoms with Crippen molar-refractivity contribution in [2.75, 3.05) is 4.90 Å². The van der Waals surface area contributed by atoms with Gasteiger partial charge in [-0.3, -0.25) is 4.79 Å². The predicted octanol–water partition coefficient (Wildman–Crippen LogP) is 4.14. The van der Waals surface area contributed by atoms with Crippen LogP contribution in [0.15, 0.2) is 36.7 Å². The van der Waals surface area contributed by atoms with Crippen molar-refractivity contribution in [3.63, 3.8) is 0 Å². The summed E-state index contributed by atoms with van der Waals surface area (Å²) < 4.78 is 0. The maximum absolute atomic E-state index is 12.9. The highest BCUT2D eigenvalue weighted by molar-refractivity contribution is 6.06. The van der Waals surface area contributed by atoms with Crippen LogP contribution in [0.3, 0.4) is 0 Å². The molecule has 0 saturated heterocycles. The summed E-state index contributed by atoms with van der Waals surface area (Å²) in [7, 11) is 0. The molecule has 0 aliphatic rings. The SMILES string of the molecule is Cc1ccccc1N(C(=O)c1cnc(C(C)(C)C)nc1)C(C)C. The lowest BCUT2D eigenvalue weighted by atomic mass is 9.96. The predicted molar refractivity (Wildman–Crippen MR) is 93.9 cm³/mol. The molecule has 23 heavy (non-hydrogen) atoms. The Hall–Kier alpha value is -2.23. The van der Waals surface area contributed by atoms with Crippen molar-refractivity contribution in [3.05, 3.63) is 53.6 Å². The minimum atomic E-state index is -0.130. The zero-order valence-corrected chi connectivity index (χ0v) is 14.8. The molecular weight excluding hydrogens is 286 g/mol. The van der Waals surface area contributed by atoms with E-state index in [0.29, 0.717) is 5.56 Å². The molecular formula is C19H25N3O. The number of benzene rings is 1. The number of carbonyl (C=O) groups excluding carboxylic acids is 1. The van der Waals surface area contributed by atoms with Gasteiger partial charge in [-0.2, -0.15) is 0 Å². The fourth-order valence-corrected chi connectivity index (χ4v) is 2.42. The van der Waals surface area contributed by atoms with Crippen LogP contribution in [0.2, 0.25) is 0 Å². The van der Waals surface area contributed by atoms with Crippen LogP contribution in [0.4, 0.5) is 5.69 Å². The smallest absolute Gasteiger partial charge is 0.261 e. The van der Waals surface area contributed by atoms with Crippen LogP contribution in [0, 0.1) is 6.92 Å². The highest BCUT2D eigenvalue weighted by Crippen LogP contribution is 2.24. The highest BCUT2D eigenvalue weighted by Gasteiger charge is 2.24. The molecule has 122 valence electrons. The van der Waals surface area contributed by atoms with Crippen molar-refractivity contribution in [3.8, 4) is 0 Å². The van der Waals surface area contributed by atoms with Crippen LogP contribution in [0.5, 0.6) is 0 Å². The lowest BCUT2D eigenvalue weighted by Crippen LogP contribution is -2.37. The van der Waals surface area contributed by atoms with Gasteiger partial charge in [0.15, 0.2) is 0 Å². The number of para-hydroxylation sites is 1. The fourth-order valence-electron chi connectivity index (χ4n) is 2.42. The van der Waals surface area contributed by atoms with E-state index in [4.69, 9.17) is 0 Å². The Morgan fingerprint density at radius 1 is 1.09 bits per heavy atom. The van der Waals surface area contributed by atoms with Gasteiger partial charge < -0.3 is 4.90 Å². The quantitative estimate of drug-likeness (QED) is 0.856. The summed E-state index contributed by atoms with van der Waals surface area (Å²) >= 11 is 0. The summed E-state index contributed by atoms with van der Waals surface area (Å²) in [6, 6.07) is 7.95. The summed E-state index contributed by atoms with van der Waals surface area (Å²) in [5.41, 5.74) is 2.37. The molecule has 1 aromatic heterocycles. The fraction of sp³-hybridized carbons (Fsp3) is 0.421. The van der Waals surface area contributed by atoms with Gasteiger partial charge in [-0.25, -0.2) is 9.97 Å². The van der Waals surface area contributed by atoms with E-state index in [0.717, 1.165) is 17.1 Å². The number of nitrogens with zero attached hydrogens (tertiary/aromatic N) is 3. The lowest BCUT2D eigenvalue weighted by Gasteiger charge is -2.28. The molecule has 0 aliphatic carbocycles. The Morgan fingerprint density at radius 3 is 2.13 bits per heavy atom. The number of aryl methyl sites for hydroxylation is 1. The summed E-state index contributed by atoms with van der Waals surface area (Å²) in [6.45, 7) is 12.2. The van der Waals surface area contributed by atoms with E-state index in [-0.39, 0.29) is 17.4 Å². The molecule has 0 saturated carbocycles. The summed E-state index contributed by atoms with van der Waals surface area (Å²) in [4.78, 5) is 23.5. The van der Waals surface area contributed by atoms with Gasteiger partial charge in [0.2, 0.25) is 0 Å². The van der Waals surface area contributed by atoms with E-state index < -0.39 is 0 Å². The number of amides is 1. The molecule has 0 atom stereocenters. The molecule has 0 aliphatic heterocycles. The molecule has 0 radical (unpaired) electrons. The van der Waals surface area contributed by atoms with Crippen LogP contribution in [-0.4, -0.2) is 21.9 Å². The first-order valence-electron chi connectivity index (χ1n) is 7.93. The van der Waals surface area contributed by atoms with Gasteiger partial charge in [-0.1, -0.05) is 39.0 Å². The van der Waals surface area contributed by atoms with Crippen LogP contribution >= 0.6 is 0 Å². The Morgan fingerprint density at radius 2 is 1.65 bits per heavy atom. The van der Waals surface area contributed by atoms with E-state index in [2.05, 4.69) is 30.7 Å². The largest absolute Gasteiger partial charge is 0.306 e. The minimum absolute atomic E-state index is 0.0471. The number of hydrogen-bond donors (Lipinski definition) is 0. The summed E-state index contributed by atoms with van der Waals surface area (Å²) in [6.07, 6.45) is 3.26. The van der Waals surface area contributed by atoms with E-state index >= 15 is 0 Å². The molecule has 1 heterocycles. The molecule has 4 heteroatoms. The van der Waals surface area contributed by atoms with Crippen LogP contribution in [-0.2, 0) is 5.41 Å². The molecule has 2 aromatic rings. The van der Waals surface area contributed by atoms with E-state index in [1.165, 1.54) is 0 Å². The van der Waals surface area contributed by atoms with Crippen LogP contribution < -0.4 is 4.90 Å². The first kappa shape index (κ1) is 17.1. The summed E-state index contributed by atoms with van der Waals surface area (Å²) in [5.74, 6) is 0.663. The topological polar surface area (TPSA) is 46.1 Å². The number of hydrogen-bond acceptors (Lipinski definition) is 3. The maximum Gasteiger partial charge on any atom is 0.261 e. The van der Waals surface area contributed by atoms with Crippen molar-refractivity contribution in [2.24, 2.45) is 0 Å². The second-order valence-electron chi connectivity index (χ2n) is 7.10. The first-order chi connectivity index (χ1) is 10.7. The molecule has 0 spiro atoms. The van der Waals surface area contributed by atoms with Gasteiger partial charge in [0.05, 0.1) is 5.56 Å². The number of anilines is 1. The third-order valence-corrected chi connectivity index (χ3v) is 3.68. The Balaban J connectivity index is 2.38. The normalized spacial score (nSPS) is 11.6.